The van der Waals surface area contributed by atoms with Crippen LogP contribution in [-0.2, 0) is 7.05 Å². The summed E-state index contributed by atoms with van der Waals surface area (Å²) in [5.41, 5.74) is -0.152. The SMILES string of the molecule is CC(CNc1nccn(C)c1=O)Oc1ccccc1Br. The van der Waals surface area contributed by atoms with Gasteiger partial charge in [0.2, 0.25) is 0 Å². The first-order chi connectivity index (χ1) is 9.58. The summed E-state index contributed by atoms with van der Waals surface area (Å²) in [4.78, 5) is 15.8. The van der Waals surface area contributed by atoms with E-state index < -0.39 is 0 Å². The molecule has 5 nitrogen and oxygen atoms in total. The topological polar surface area (TPSA) is 56.2 Å². The van der Waals surface area contributed by atoms with Crippen molar-refractivity contribution in [3.8, 4) is 5.75 Å². The van der Waals surface area contributed by atoms with Crippen LogP contribution < -0.4 is 15.6 Å². The number of anilines is 1. The van der Waals surface area contributed by atoms with Crippen LogP contribution in [0.4, 0.5) is 5.82 Å². The maximum absolute atomic E-state index is 11.8. The molecule has 0 fully saturated rings. The molecule has 1 atom stereocenters. The first-order valence-corrected chi connectivity index (χ1v) is 7.04. The van der Waals surface area contributed by atoms with E-state index in [2.05, 4.69) is 26.2 Å². The van der Waals surface area contributed by atoms with Crippen LogP contribution in [0.3, 0.4) is 0 Å². The highest BCUT2D eigenvalue weighted by Crippen LogP contribution is 2.24. The Kier molecular flexibility index (Phi) is 4.79. The van der Waals surface area contributed by atoms with Crippen molar-refractivity contribution >= 4 is 21.7 Å². The van der Waals surface area contributed by atoms with E-state index in [1.54, 1.807) is 19.4 Å². The van der Waals surface area contributed by atoms with Crippen molar-refractivity contribution in [2.24, 2.45) is 7.05 Å². The average molecular weight is 338 g/mol. The molecule has 2 aromatic rings. The summed E-state index contributed by atoms with van der Waals surface area (Å²) in [5, 5.41) is 3.01. The van der Waals surface area contributed by atoms with Gasteiger partial charge in [0.05, 0.1) is 11.0 Å². The molecule has 1 aromatic heterocycles. The molecule has 0 aliphatic carbocycles. The van der Waals surface area contributed by atoms with Crippen molar-refractivity contribution in [1.29, 1.82) is 0 Å². The molecule has 0 saturated carbocycles. The number of para-hydroxylation sites is 1. The van der Waals surface area contributed by atoms with Gasteiger partial charge in [-0.3, -0.25) is 4.79 Å². The maximum Gasteiger partial charge on any atom is 0.293 e. The van der Waals surface area contributed by atoms with E-state index >= 15 is 0 Å². The Morgan fingerprint density at radius 1 is 1.45 bits per heavy atom. The van der Waals surface area contributed by atoms with E-state index in [-0.39, 0.29) is 11.7 Å². The molecule has 0 spiro atoms. The summed E-state index contributed by atoms with van der Waals surface area (Å²) in [5.74, 6) is 1.10. The van der Waals surface area contributed by atoms with Crippen molar-refractivity contribution in [2.45, 2.75) is 13.0 Å². The van der Waals surface area contributed by atoms with E-state index in [0.29, 0.717) is 12.4 Å². The van der Waals surface area contributed by atoms with Crippen molar-refractivity contribution in [3.05, 3.63) is 51.5 Å². The van der Waals surface area contributed by atoms with Gasteiger partial charge in [-0.2, -0.15) is 0 Å². The summed E-state index contributed by atoms with van der Waals surface area (Å²) < 4.78 is 8.18. The fraction of sp³-hybridized carbons (Fsp3) is 0.286. The molecule has 0 aliphatic rings. The molecular weight excluding hydrogens is 322 g/mol. The Hall–Kier alpha value is -1.82. The van der Waals surface area contributed by atoms with E-state index in [9.17, 15) is 4.79 Å². The number of rotatable bonds is 5. The zero-order valence-corrected chi connectivity index (χ0v) is 12.9. The van der Waals surface area contributed by atoms with Crippen molar-refractivity contribution in [3.63, 3.8) is 0 Å². The third kappa shape index (κ3) is 3.60. The lowest BCUT2D eigenvalue weighted by Crippen LogP contribution is -2.28. The number of hydrogen-bond acceptors (Lipinski definition) is 4. The molecule has 1 N–H and O–H groups in total. The number of aryl methyl sites for hydroxylation is 1. The highest BCUT2D eigenvalue weighted by Gasteiger charge is 2.08. The largest absolute Gasteiger partial charge is 0.488 e. The monoisotopic (exact) mass is 337 g/mol. The molecule has 0 saturated heterocycles. The van der Waals surface area contributed by atoms with Gasteiger partial charge >= 0.3 is 0 Å². The van der Waals surface area contributed by atoms with E-state index in [0.717, 1.165) is 10.2 Å². The molecular formula is C14H16BrN3O2. The van der Waals surface area contributed by atoms with Gasteiger partial charge in [0.15, 0.2) is 5.82 Å². The minimum Gasteiger partial charge on any atom is -0.488 e. The summed E-state index contributed by atoms with van der Waals surface area (Å²) in [6, 6.07) is 7.65. The first kappa shape index (κ1) is 14.6. The van der Waals surface area contributed by atoms with Crippen LogP contribution in [0.1, 0.15) is 6.92 Å². The highest BCUT2D eigenvalue weighted by atomic mass is 79.9. The normalized spacial score (nSPS) is 11.9. The zero-order chi connectivity index (χ0) is 14.5. The van der Waals surface area contributed by atoms with Crippen molar-refractivity contribution in [2.75, 3.05) is 11.9 Å². The highest BCUT2D eigenvalue weighted by molar-refractivity contribution is 9.10. The fourth-order valence-electron chi connectivity index (χ4n) is 1.66. The van der Waals surface area contributed by atoms with Gasteiger partial charge in [-0.05, 0) is 35.0 Å². The molecule has 1 aromatic carbocycles. The zero-order valence-electron chi connectivity index (χ0n) is 11.3. The Morgan fingerprint density at radius 2 is 2.20 bits per heavy atom. The van der Waals surface area contributed by atoms with E-state index in [1.165, 1.54) is 4.57 Å². The van der Waals surface area contributed by atoms with E-state index in [1.807, 2.05) is 31.2 Å². The minimum absolute atomic E-state index is 0.0968. The van der Waals surface area contributed by atoms with Crippen LogP contribution in [-0.4, -0.2) is 22.2 Å². The van der Waals surface area contributed by atoms with Gasteiger partial charge in [-0.15, -0.1) is 0 Å². The molecule has 0 aliphatic heterocycles. The number of benzene rings is 1. The van der Waals surface area contributed by atoms with E-state index in [4.69, 9.17) is 4.74 Å². The van der Waals surface area contributed by atoms with Gasteiger partial charge < -0.3 is 14.6 Å². The molecule has 20 heavy (non-hydrogen) atoms. The van der Waals surface area contributed by atoms with Crippen LogP contribution >= 0.6 is 15.9 Å². The second-order valence-electron chi connectivity index (χ2n) is 4.43. The fourth-order valence-corrected chi connectivity index (χ4v) is 2.04. The second-order valence-corrected chi connectivity index (χ2v) is 5.29. The van der Waals surface area contributed by atoms with Crippen LogP contribution in [0.15, 0.2) is 45.9 Å². The molecule has 1 heterocycles. The molecule has 6 heteroatoms. The molecule has 2 rings (SSSR count). The number of aromatic nitrogens is 2. The number of halogens is 1. The maximum atomic E-state index is 11.8. The lowest BCUT2D eigenvalue weighted by molar-refractivity contribution is 0.233. The van der Waals surface area contributed by atoms with Crippen LogP contribution in [0, 0.1) is 0 Å². The lowest BCUT2D eigenvalue weighted by Gasteiger charge is -2.16. The predicted molar refractivity (Wildman–Crippen MR) is 82.2 cm³/mol. The van der Waals surface area contributed by atoms with Crippen molar-refractivity contribution in [1.82, 2.24) is 9.55 Å². The number of ether oxygens (including phenoxy) is 1. The molecule has 0 bridgehead atoms. The summed E-state index contributed by atoms with van der Waals surface area (Å²) in [7, 11) is 1.69. The molecule has 0 radical (unpaired) electrons. The summed E-state index contributed by atoms with van der Waals surface area (Å²) in [6.45, 7) is 2.42. The van der Waals surface area contributed by atoms with Crippen LogP contribution in [0.5, 0.6) is 5.75 Å². The Bertz CT molecular complexity index is 642. The summed E-state index contributed by atoms with van der Waals surface area (Å²) >= 11 is 3.43. The standard InChI is InChI=1S/C14H16BrN3O2/c1-10(20-12-6-4-3-5-11(12)15)9-17-13-14(19)18(2)8-7-16-13/h3-8,10H,9H2,1-2H3,(H,16,17). The van der Waals surface area contributed by atoms with Gasteiger partial charge in [-0.1, -0.05) is 12.1 Å². The van der Waals surface area contributed by atoms with Crippen LogP contribution in [0.25, 0.3) is 0 Å². The number of nitrogens with zero attached hydrogens (tertiary/aromatic N) is 2. The smallest absolute Gasteiger partial charge is 0.293 e. The Morgan fingerprint density at radius 3 is 2.95 bits per heavy atom. The number of nitrogens with one attached hydrogen (secondary N) is 1. The van der Waals surface area contributed by atoms with Gasteiger partial charge in [-0.25, -0.2) is 4.98 Å². The second kappa shape index (κ2) is 6.56. The van der Waals surface area contributed by atoms with Gasteiger partial charge in [0.1, 0.15) is 11.9 Å². The molecule has 1 unspecified atom stereocenters. The molecule has 106 valence electrons. The third-order valence-corrected chi connectivity index (χ3v) is 3.39. The van der Waals surface area contributed by atoms with Crippen LogP contribution in [0.2, 0.25) is 0 Å². The quantitative estimate of drug-likeness (QED) is 0.910. The average Bonchev–Trinajstić information content (AvgIpc) is 2.43. The molecule has 0 amide bonds. The van der Waals surface area contributed by atoms with Gasteiger partial charge in [0, 0.05) is 19.4 Å². The Labute approximate surface area is 125 Å². The van der Waals surface area contributed by atoms with Crippen molar-refractivity contribution < 1.29 is 4.74 Å². The Balaban J connectivity index is 1.96. The minimum atomic E-state index is -0.152. The number of hydrogen-bond donors (Lipinski definition) is 1. The van der Waals surface area contributed by atoms with Gasteiger partial charge in [0.25, 0.3) is 5.56 Å². The third-order valence-electron chi connectivity index (χ3n) is 2.74. The lowest BCUT2D eigenvalue weighted by atomic mass is 10.3. The summed E-state index contributed by atoms with van der Waals surface area (Å²) in [6.07, 6.45) is 3.11. The first-order valence-electron chi connectivity index (χ1n) is 6.24. The predicted octanol–water partition coefficient (Wildman–Crippen LogP) is 2.42.